The Hall–Kier alpha value is -13.4. The molecule has 1 atom stereocenters. The molecule has 28 nitrogen and oxygen atoms in total. The number of fused-ring (bicyclic) bond motifs is 25. The zero-order valence-corrected chi connectivity index (χ0v) is 74.2. The van der Waals surface area contributed by atoms with Gasteiger partial charge in [-0.1, -0.05) is 103 Å². The number of methoxy groups -OCH3 is 2. The number of carbonyl (C=O) groups is 2. The van der Waals surface area contributed by atoms with Gasteiger partial charge in [-0.25, -0.2) is 42.1 Å². The summed E-state index contributed by atoms with van der Waals surface area (Å²) >= 11 is 0. The molecule has 12 heterocycles. The highest BCUT2D eigenvalue weighted by Gasteiger charge is 2.39. The number of likely N-dealkylation sites (tertiary alicyclic amines) is 1. The lowest BCUT2D eigenvalue weighted by Gasteiger charge is -2.27. The number of aliphatic hydroxyl groups excluding tert-OH is 1. The van der Waals surface area contributed by atoms with Crippen LogP contribution in [0.1, 0.15) is 77.0 Å². The van der Waals surface area contributed by atoms with Crippen LogP contribution in [0.5, 0.6) is 11.5 Å². The van der Waals surface area contributed by atoms with E-state index in [1.165, 1.54) is 38.6 Å². The van der Waals surface area contributed by atoms with Crippen LogP contribution in [0.25, 0.3) is 110 Å². The molecular weight excluding hydrogens is 1780 g/mol. The van der Waals surface area contributed by atoms with Gasteiger partial charge in [-0.2, -0.15) is 13.2 Å². The van der Waals surface area contributed by atoms with Crippen molar-refractivity contribution in [3.8, 4) is 67.1 Å². The fourth-order valence-corrected chi connectivity index (χ4v) is 24.1. The molecule has 0 spiro atoms. The summed E-state index contributed by atoms with van der Waals surface area (Å²) in [6.07, 6.45) is 7.71. The fraction of sp³-hybridized carbons (Fsp3) is 0.189. The number of piperidine rings is 1. The van der Waals surface area contributed by atoms with E-state index in [0.29, 0.717) is 149 Å². The van der Waals surface area contributed by atoms with Gasteiger partial charge in [0.25, 0.3) is 50.1 Å². The van der Waals surface area contributed by atoms with E-state index >= 15 is 0 Å². The first-order chi connectivity index (χ1) is 62.9. The normalized spacial score (nSPS) is 16.5. The molecular formula is C95H81F3N12O16S5. The first kappa shape index (κ1) is 88.2. The summed E-state index contributed by atoms with van der Waals surface area (Å²) in [4.78, 5) is 53.4. The van der Waals surface area contributed by atoms with E-state index in [9.17, 15) is 70.0 Å². The molecule has 5 aromatic heterocycles. The van der Waals surface area contributed by atoms with E-state index < -0.39 is 68.0 Å². The topological polar surface area (TPSA) is 384 Å². The number of nitrogens with one attached hydrogen (secondary N) is 5. The summed E-state index contributed by atoms with van der Waals surface area (Å²) < 4.78 is 194. The molecule has 668 valence electrons. The molecule has 0 amide bonds. The highest BCUT2D eigenvalue weighted by molar-refractivity contribution is 7.94. The molecule has 131 heavy (non-hydrogen) atoms. The Morgan fingerprint density at radius 2 is 0.786 bits per heavy atom. The minimum atomic E-state index is -4.59. The van der Waals surface area contributed by atoms with Gasteiger partial charge in [-0.3, -0.25) is 63.0 Å². The predicted octanol–water partition coefficient (Wildman–Crippen LogP) is 17.1. The second kappa shape index (κ2) is 35.1. The molecule has 6 N–H and O–H groups in total. The van der Waals surface area contributed by atoms with Gasteiger partial charge in [0.2, 0.25) is 0 Å². The molecule has 22 rings (SSSR count). The number of aliphatic hydroxyl groups is 1. The number of benzene rings is 10. The van der Waals surface area contributed by atoms with Gasteiger partial charge < -0.3 is 24.2 Å². The zero-order valence-electron chi connectivity index (χ0n) is 70.2. The van der Waals surface area contributed by atoms with Crippen LogP contribution in [0.2, 0.25) is 0 Å². The molecule has 7 aliphatic rings. The van der Waals surface area contributed by atoms with Crippen molar-refractivity contribution < 1.29 is 84.2 Å². The van der Waals surface area contributed by atoms with Crippen molar-refractivity contribution in [1.29, 1.82) is 0 Å². The molecule has 0 bridgehead atoms. The number of nitrogens with zero attached hydrogens (tertiary/aromatic N) is 7. The fourth-order valence-electron chi connectivity index (χ4n) is 17.5. The first-order valence-electron chi connectivity index (χ1n) is 41.6. The van der Waals surface area contributed by atoms with E-state index in [2.05, 4.69) is 58.3 Å². The summed E-state index contributed by atoms with van der Waals surface area (Å²) in [6.45, 7) is 7.84. The van der Waals surface area contributed by atoms with Crippen LogP contribution in [0, 0.1) is 0 Å². The second-order valence-corrected chi connectivity index (χ2v) is 40.0. The van der Waals surface area contributed by atoms with Crippen LogP contribution in [-0.4, -0.2) is 160 Å². The smallest absolute Gasteiger partial charge is 0.416 e. The summed E-state index contributed by atoms with van der Waals surface area (Å²) in [5.41, 5.74) is 11.0. The Kier molecular flexibility index (Phi) is 23.6. The van der Waals surface area contributed by atoms with Gasteiger partial charge in [0.15, 0.2) is 11.6 Å². The minimum absolute atomic E-state index is 0.0152. The molecule has 0 aliphatic carbocycles. The summed E-state index contributed by atoms with van der Waals surface area (Å²) in [5.74, 6) is 1.10. The van der Waals surface area contributed by atoms with E-state index in [4.69, 9.17) is 14.2 Å². The lowest BCUT2D eigenvalue weighted by atomic mass is 9.93. The maximum absolute atomic E-state index is 13.2. The summed E-state index contributed by atoms with van der Waals surface area (Å²) in [6, 6.07) is 56.7. The molecule has 2 fully saturated rings. The maximum atomic E-state index is 13.2. The van der Waals surface area contributed by atoms with Crippen molar-refractivity contribution in [1.82, 2.24) is 34.7 Å². The lowest BCUT2D eigenvalue weighted by Crippen LogP contribution is -2.39. The minimum Gasteiger partial charge on any atom is -0.496 e. The maximum Gasteiger partial charge on any atom is 0.416 e. The number of pyridine rings is 5. The Labute approximate surface area is 751 Å². The molecule has 1 unspecified atom stereocenters. The third kappa shape index (κ3) is 16.8. The van der Waals surface area contributed by atoms with Crippen LogP contribution in [0.15, 0.2) is 262 Å². The van der Waals surface area contributed by atoms with Crippen molar-refractivity contribution >= 4 is 145 Å². The van der Waals surface area contributed by atoms with Gasteiger partial charge in [0.1, 0.15) is 11.5 Å². The average molecular weight is 1860 g/mol. The van der Waals surface area contributed by atoms with Gasteiger partial charge in [0, 0.05) is 144 Å². The van der Waals surface area contributed by atoms with Crippen LogP contribution < -0.4 is 33.1 Å². The van der Waals surface area contributed by atoms with Crippen molar-refractivity contribution in [2.24, 2.45) is 0 Å². The largest absolute Gasteiger partial charge is 0.496 e. The predicted molar refractivity (Wildman–Crippen MR) is 494 cm³/mol. The summed E-state index contributed by atoms with van der Waals surface area (Å²) in [5, 5.41) is 13.5. The third-order valence-electron chi connectivity index (χ3n) is 23.7. The Morgan fingerprint density at radius 3 is 1.25 bits per heavy atom. The van der Waals surface area contributed by atoms with Crippen molar-refractivity contribution in [3.05, 3.63) is 259 Å². The highest BCUT2D eigenvalue weighted by Crippen LogP contribution is 2.52. The van der Waals surface area contributed by atoms with Gasteiger partial charge in [-0.15, -0.1) is 0 Å². The number of morpholine rings is 1. The Balaban J connectivity index is 0.000000111. The van der Waals surface area contributed by atoms with Crippen molar-refractivity contribution in [2.75, 3.05) is 90.3 Å². The van der Waals surface area contributed by atoms with Gasteiger partial charge in [0.05, 0.1) is 126 Å². The number of aromatic nitrogens is 5. The number of rotatable bonds is 11. The number of ether oxygens (including phenoxy) is 3. The van der Waals surface area contributed by atoms with Crippen LogP contribution >= 0.6 is 0 Å². The second-order valence-electron chi connectivity index (χ2n) is 31.7. The molecule has 10 aromatic carbocycles. The van der Waals surface area contributed by atoms with Crippen LogP contribution in [0.3, 0.4) is 0 Å². The van der Waals surface area contributed by atoms with Crippen molar-refractivity contribution in [3.63, 3.8) is 0 Å². The van der Waals surface area contributed by atoms with Gasteiger partial charge >= 0.3 is 6.18 Å². The standard InChI is InChI=1S/C24H25N3O3S.C21H19N3O4S.C17H11F3N2O3S.C17H14N2O3S.C16H12N2O3S/c28-21(10-7-15-27-13-4-1-5-14-27)19-16-20-17-8-2-3-11-22(17)31(29,30)26-24(20)23-18(19)9-6-12-25-23;25-18(13-24-8-10-28-11-9-24)16-12-17-14-4-1-2-6-19(14)29(26,27)23-21(17)20-15(16)5-3-7-22-20;1-25-13-8-12-11-7-9(17(18,19)20)4-5-14(11)26(23,24)22-16(12)15-10(13)3-2-6-21-15;1-10(20)13-9-14-11-5-2-3-7-15(11)23(21,22)19-17(14)16-12(13)6-4-8-18-16;1-21-13-8-9-17-15-12(13)7-6-11-10-4-2-3-5-14(10)22(19,20)18-16(11)15/h2-3,6,8-9,11-12,16,26H,1,4-5,7,10,13-15H2;1-7,12,23H,8-11,13H2;2-8,22H,1H3;2-10,19-20H,1H3;2-9,18H,1H3. The van der Waals surface area contributed by atoms with Gasteiger partial charge in [-0.05, 0) is 161 Å². The van der Waals surface area contributed by atoms with Crippen LogP contribution in [0.4, 0.5) is 41.6 Å². The Bertz CT molecular complexity index is 7840. The number of sulfonamides is 5. The third-order valence-corrected chi connectivity index (χ3v) is 30.7. The van der Waals surface area contributed by atoms with Crippen LogP contribution in [-0.2, 0) is 61.0 Å². The summed E-state index contributed by atoms with van der Waals surface area (Å²) in [7, 11) is -15.6. The zero-order chi connectivity index (χ0) is 91.6. The highest BCUT2D eigenvalue weighted by atomic mass is 32.2. The monoisotopic (exact) mass is 1860 g/mol. The Morgan fingerprint density at radius 1 is 0.397 bits per heavy atom. The van der Waals surface area contributed by atoms with E-state index in [1.807, 2.05) is 54.6 Å². The number of alkyl halides is 3. The number of hydrogen-bond acceptors (Lipinski definition) is 23. The molecule has 15 aromatic rings. The molecule has 0 radical (unpaired) electrons. The average Bonchev–Trinajstić information content (AvgIpc) is 0.754. The number of anilines is 5. The quantitative estimate of drug-likeness (QED) is 0.0655. The molecule has 2 saturated heterocycles. The number of halogens is 3. The number of Topliss-reactive ketones (excluding diaryl/α,β-unsaturated/α-hetero) is 2. The molecule has 36 heteroatoms. The molecule has 0 saturated carbocycles. The lowest BCUT2D eigenvalue weighted by molar-refractivity contribution is -0.137. The van der Waals surface area contributed by atoms with Crippen molar-refractivity contribution in [2.45, 2.75) is 75.8 Å². The molecule has 7 aliphatic heterocycles. The van der Waals surface area contributed by atoms with E-state index in [-0.39, 0.29) is 52.9 Å². The SMILES string of the molecule is CC(O)c1cc2c(c3ncccc13)NS(=O)(=O)c1ccccc1-2.COc1cc2c(c3ncccc13)NS(=O)(=O)c1ccc(C(F)(F)F)cc1-2.COc1ccnc2c3c(ccc12)-c1ccccc1S(=O)(=O)N3.O=C(CCCN1CCCCC1)c1cc2c(c3ncccc13)NS(=O)(=O)c1ccccc1-2.O=C(CN1CCOCC1)c1cc2c(c3ncccc13)NS(=O)(=O)c1ccccc1-2. The number of carbonyl (C=O) groups excluding carboxylic acids is 2. The van der Waals surface area contributed by atoms with E-state index in [0.717, 1.165) is 84.8 Å². The van der Waals surface area contributed by atoms with E-state index in [1.54, 1.807) is 166 Å². The first-order valence-corrected chi connectivity index (χ1v) is 49.0. The number of ketones is 2. The number of hydrogen-bond donors (Lipinski definition) is 6.